The van der Waals surface area contributed by atoms with E-state index in [2.05, 4.69) is 72.4 Å². The van der Waals surface area contributed by atoms with Crippen molar-refractivity contribution in [2.24, 2.45) is 11.3 Å². The predicted octanol–water partition coefficient (Wildman–Crippen LogP) is 8.36. The molecule has 0 atom stereocenters. The van der Waals surface area contributed by atoms with E-state index in [0.29, 0.717) is 5.41 Å². The molecule has 1 saturated heterocycles. The molecule has 1 fully saturated rings. The van der Waals surface area contributed by atoms with Gasteiger partial charge in [-0.2, -0.15) is 0 Å². The summed E-state index contributed by atoms with van der Waals surface area (Å²) < 4.78 is 0. The van der Waals surface area contributed by atoms with Crippen LogP contribution >= 0.6 is 0 Å². The first-order valence-corrected chi connectivity index (χ1v) is 12.6. The van der Waals surface area contributed by atoms with Gasteiger partial charge in [-0.25, -0.2) is 0 Å². The van der Waals surface area contributed by atoms with Gasteiger partial charge in [0, 0.05) is 6.54 Å². The second kappa shape index (κ2) is 26.9. The van der Waals surface area contributed by atoms with E-state index in [1.54, 1.807) is 0 Å². The number of hydrogen-bond donors (Lipinski definition) is 0. The number of likely N-dealkylation sites (tertiary alicyclic amines) is 1. The fourth-order valence-corrected chi connectivity index (χ4v) is 2.77. The summed E-state index contributed by atoms with van der Waals surface area (Å²) in [6.45, 7) is 29.0. The number of nitrogens with zero attached hydrogens (tertiary/aromatic N) is 2. The molecule has 0 spiro atoms. The lowest BCUT2D eigenvalue weighted by Crippen LogP contribution is -2.33. The Labute approximate surface area is 182 Å². The van der Waals surface area contributed by atoms with Crippen molar-refractivity contribution < 1.29 is 0 Å². The summed E-state index contributed by atoms with van der Waals surface area (Å²) in [5.74, 6) is 0.978. The molecule has 0 N–H and O–H groups in total. The second-order valence-corrected chi connectivity index (χ2v) is 8.30. The van der Waals surface area contributed by atoms with Crippen molar-refractivity contribution in [1.82, 2.24) is 9.80 Å². The Bertz CT molecular complexity index is 231. The number of hydrogen-bond acceptors (Lipinski definition) is 2. The molecule has 1 heterocycles. The zero-order chi connectivity index (χ0) is 23.0. The van der Waals surface area contributed by atoms with Gasteiger partial charge in [0.15, 0.2) is 0 Å². The van der Waals surface area contributed by atoms with Crippen LogP contribution in [0.15, 0.2) is 0 Å². The minimum Gasteiger partial charge on any atom is -0.306 e. The molecule has 2 heteroatoms. The van der Waals surface area contributed by atoms with E-state index in [0.717, 1.165) is 5.92 Å². The van der Waals surface area contributed by atoms with Gasteiger partial charge in [0.25, 0.3) is 0 Å². The average molecular weight is 403 g/mol. The summed E-state index contributed by atoms with van der Waals surface area (Å²) in [4.78, 5) is 4.89. The summed E-state index contributed by atoms with van der Waals surface area (Å²) in [7, 11) is 4.45. The first-order chi connectivity index (χ1) is 13.3. The lowest BCUT2D eigenvalue weighted by Gasteiger charge is -2.32. The Morgan fingerprint density at radius 2 is 1.29 bits per heavy atom. The van der Waals surface area contributed by atoms with Gasteiger partial charge in [0.05, 0.1) is 0 Å². The second-order valence-electron chi connectivity index (χ2n) is 8.30. The van der Waals surface area contributed by atoms with Crippen molar-refractivity contribution in [2.45, 2.75) is 121 Å². The van der Waals surface area contributed by atoms with Crippen LogP contribution in [0.1, 0.15) is 121 Å². The fraction of sp³-hybridized carbons (Fsp3) is 1.00. The molecule has 0 radical (unpaired) electrons. The molecule has 176 valence electrons. The Morgan fingerprint density at radius 1 is 0.893 bits per heavy atom. The normalized spacial score (nSPS) is 14.4. The van der Waals surface area contributed by atoms with Crippen LogP contribution in [0, 0.1) is 11.3 Å². The van der Waals surface area contributed by atoms with E-state index in [-0.39, 0.29) is 0 Å². The SMILES string of the molecule is CC.CC.CC1CCN(C)CC1.CCC.CCCCN(C)CC(C)(CC)CC. The minimum atomic E-state index is 0.530. The molecule has 0 unspecified atom stereocenters. The van der Waals surface area contributed by atoms with E-state index in [4.69, 9.17) is 0 Å². The fourth-order valence-electron chi connectivity index (χ4n) is 2.77. The van der Waals surface area contributed by atoms with E-state index in [1.165, 1.54) is 71.1 Å². The molecule has 0 aromatic heterocycles. The summed E-state index contributed by atoms with van der Waals surface area (Å²) in [6, 6.07) is 0. The van der Waals surface area contributed by atoms with Crippen molar-refractivity contribution in [3.63, 3.8) is 0 Å². The monoisotopic (exact) mass is 402 g/mol. The van der Waals surface area contributed by atoms with Crippen LogP contribution in [0.25, 0.3) is 0 Å². The van der Waals surface area contributed by atoms with Gasteiger partial charge in [-0.15, -0.1) is 0 Å². The molecule has 0 aromatic carbocycles. The standard InChI is InChI=1S/C12H27N.C7H15N.C3H8.2C2H6/c1-6-9-10-13(5)11-12(4,7-2)8-3;1-7-3-5-8(2)6-4-7;1-3-2;2*1-2/h6-11H2,1-5H3;7H,3-6H2,1-2H3;3H2,1-2H3;2*1-2H3. The molecule has 1 rings (SSSR count). The van der Waals surface area contributed by atoms with Gasteiger partial charge < -0.3 is 9.80 Å². The lowest BCUT2D eigenvalue weighted by atomic mass is 9.84. The zero-order valence-electron chi connectivity index (χ0n) is 22.7. The highest BCUT2D eigenvalue weighted by Crippen LogP contribution is 2.26. The van der Waals surface area contributed by atoms with Gasteiger partial charge >= 0.3 is 0 Å². The summed E-state index contributed by atoms with van der Waals surface area (Å²) in [6.07, 6.45) is 9.27. The molecule has 0 bridgehead atoms. The first kappa shape index (κ1) is 35.4. The minimum absolute atomic E-state index is 0.530. The van der Waals surface area contributed by atoms with Crippen LogP contribution in [-0.2, 0) is 0 Å². The maximum absolute atomic E-state index is 2.48. The van der Waals surface area contributed by atoms with Crippen LogP contribution in [0.4, 0.5) is 0 Å². The number of rotatable bonds is 7. The quantitative estimate of drug-likeness (QED) is 0.422. The maximum atomic E-state index is 2.48. The average Bonchev–Trinajstić information content (AvgIpc) is 2.72. The Balaban J connectivity index is -0.000000163. The highest BCUT2D eigenvalue weighted by atomic mass is 15.1. The molecule has 28 heavy (non-hydrogen) atoms. The molecule has 2 nitrogen and oxygen atoms in total. The third kappa shape index (κ3) is 25.9. The Morgan fingerprint density at radius 3 is 1.57 bits per heavy atom. The van der Waals surface area contributed by atoms with Crippen LogP contribution in [0.3, 0.4) is 0 Å². The van der Waals surface area contributed by atoms with E-state index in [1.807, 2.05) is 27.7 Å². The van der Waals surface area contributed by atoms with Crippen LogP contribution in [-0.4, -0.2) is 50.1 Å². The molecule has 1 aliphatic heterocycles. The zero-order valence-corrected chi connectivity index (χ0v) is 22.7. The summed E-state index contributed by atoms with van der Waals surface area (Å²) in [5.41, 5.74) is 0.530. The third-order valence-corrected chi connectivity index (χ3v) is 5.26. The van der Waals surface area contributed by atoms with Crippen LogP contribution in [0.5, 0.6) is 0 Å². The molecule has 1 aliphatic rings. The van der Waals surface area contributed by atoms with E-state index < -0.39 is 0 Å². The summed E-state index contributed by atoms with van der Waals surface area (Å²) in [5, 5.41) is 0. The van der Waals surface area contributed by atoms with Gasteiger partial charge in [0.2, 0.25) is 0 Å². The molecule has 0 amide bonds. The van der Waals surface area contributed by atoms with E-state index in [9.17, 15) is 0 Å². The van der Waals surface area contributed by atoms with Crippen molar-refractivity contribution in [3.8, 4) is 0 Å². The number of unbranched alkanes of at least 4 members (excludes halogenated alkanes) is 1. The van der Waals surface area contributed by atoms with Crippen LogP contribution in [0.2, 0.25) is 0 Å². The third-order valence-electron chi connectivity index (χ3n) is 5.26. The largest absolute Gasteiger partial charge is 0.306 e. The van der Waals surface area contributed by atoms with Gasteiger partial charge in [-0.05, 0) is 77.2 Å². The molecule has 0 aromatic rings. The first-order valence-electron chi connectivity index (χ1n) is 12.6. The smallest absolute Gasteiger partial charge is 0.00321 e. The van der Waals surface area contributed by atoms with Crippen molar-refractivity contribution in [2.75, 3.05) is 40.3 Å². The highest BCUT2D eigenvalue weighted by molar-refractivity contribution is 4.74. The lowest BCUT2D eigenvalue weighted by molar-refractivity contribution is 0.178. The molecular weight excluding hydrogens is 340 g/mol. The summed E-state index contributed by atoms with van der Waals surface area (Å²) >= 11 is 0. The topological polar surface area (TPSA) is 6.48 Å². The van der Waals surface area contributed by atoms with Gasteiger partial charge in [-0.1, -0.05) is 89.0 Å². The van der Waals surface area contributed by atoms with Gasteiger partial charge in [0.1, 0.15) is 0 Å². The van der Waals surface area contributed by atoms with Crippen molar-refractivity contribution in [1.29, 1.82) is 0 Å². The Hall–Kier alpha value is -0.0800. The number of piperidine rings is 1. The maximum Gasteiger partial charge on any atom is 0.00321 e. The highest BCUT2D eigenvalue weighted by Gasteiger charge is 2.20. The molecule has 0 aliphatic carbocycles. The van der Waals surface area contributed by atoms with Gasteiger partial charge in [-0.3, -0.25) is 0 Å². The predicted molar refractivity (Wildman–Crippen MR) is 136 cm³/mol. The molecular formula is C26H62N2. The molecule has 0 saturated carbocycles. The van der Waals surface area contributed by atoms with Crippen molar-refractivity contribution in [3.05, 3.63) is 0 Å². The Kier molecular flexibility index (Phi) is 34.0. The van der Waals surface area contributed by atoms with Crippen LogP contribution < -0.4 is 0 Å². The van der Waals surface area contributed by atoms with Crippen molar-refractivity contribution >= 4 is 0 Å². The van der Waals surface area contributed by atoms with E-state index >= 15 is 0 Å².